The van der Waals surface area contributed by atoms with Crippen molar-refractivity contribution in [2.24, 2.45) is 16.9 Å². The van der Waals surface area contributed by atoms with Crippen molar-refractivity contribution in [3.05, 3.63) is 153 Å². The third kappa shape index (κ3) is 3.88. The van der Waals surface area contributed by atoms with Crippen LogP contribution in [0.1, 0.15) is 33.7 Å². The van der Waals surface area contributed by atoms with Gasteiger partial charge in [0.1, 0.15) is 0 Å². The second-order valence-corrected chi connectivity index (χ2v) is 11.9. The summed E-state index contributed by atoms with van der Waals surface area (Å²) in [5.41, 5.74) is 6.27. The fourth-order valence-electron chi connectivity index (χ4n) is 7.86. The lowest BCUT2D eigenvalue weighted by molar-refractivity contribution is -0.384. The molecule has 0 saturated carbocycles. The fourth-order valence-corrected chi connectivity index (χ4v) is 7.86. The van der Waals surface area contributed by atoms with E-state index in [-0.39, 0.29) is 29.8 Å². The number of carbonyl (C=O) groups is 3. The zero-order chi connectivity index (χ0) is 31.6. The molecule has 0 unspecified atom stereocenters. The molecule has 46 heavy (non-hydrogen) atoms. The van der Waals surface area contributed by atoms with E-state index in [0.717, 1.165) is 33.0 Å². The van der Waals surface area contributed by atoms with Crippen LogP contribution < -0.4 is 10.3 Å². The molecule has 1 heterocycles. The van der Waals surface area contributed by atoms with Crippen molar-refractivity contribution < 1.29 is 19.3 Å². The molecule has 0 radical (unpaired) electrons. The number of carbonyl (C=O) groups excluding carboxylic acids is 3. The minimum atomic E-state index is -1.13. The van der Waals surface area contributed by atoms with E-state index >= 15 is 0 Å². The van der Waals surface area contributed by atoms with Gasteiger partial charge in [0.25, 0.3) is 5.69 Å². The van der Waals surface area contributed by atoms with Crippen molar-refractivity contribution in [2.75, 3.05) is 4.90 Å². The van der Waals surface area contributed by atoms with Crippen LogP contribution in [0.3, 0.4) is 0 Å². The summed E-state index contributed by atoms with van der Waals surface area (Å²) in [6, 6.07) is 34.8. The number of non-ortho nitro benzene ring substituents is 1. The van der Waals surface area contributed by atoms with Crippen molar-refractivity contribution in [3.8, 4) is 0 Å². The number of amides is 3. The Hall–Kier alpha value is -5.96. The van der Waals surface area contributed by atoms with E-state index in [1.807, 2.05) is 91.0 Å². The van der Waals surface area contributed by atoms with Crippen molar-refractivity contribution in [1.29, 1.82) is 0 Å². The Morgan fingerprint density at radius 2 is 1.46 bits per heavy atom. The van der Waals surface area contributed by atoms with Gasteiger partial charge in [0.15, 0.2) is 0 Å². The Bertz CT molecular complexity index is 2090. The fraction of sp³-hybridized carbons (Fsp3) is 0.135. The van der Waals surface area contributed by atoms with E-state index in [1.165, 1.54) is 29.2 Å². The lowest BCUT2D eigenvalue weighted by Crippen LogP contribution is -2.54. The molecule has 9 rings (SSSR count). The van der Waals surface area contributed by atoms with Gasteiger partial charge in [-0.3, -0.25) is 24.5 Å². The average Bonchev–Trinajstić information content (AvgIpc) is 3.35. The summed E-state index contributed by atoms with van der Waals surface area (Å²) in [5, 5.41) is 17.2. The van der Waals surface area contributed by atoms with Crippen LogP contribution in [0.2, 0.25) is 0 Å². The summed E-state index contributed by atoms with van der Waals surface area (Å²) in [4.78, 5) is 54.1. The van der Waals surface area contributed by atoms with Crippen LogP contribution in [0, 0.1) is 22.0 Å². The molecule has 4 aliphatic rings. The molecule has 2 bridgehead atoms. The van der Waals surface area contributed by atoms with Crippen LogP contribution >= 0.6 is 0 Å². The quantitative estimate of drug-likeness (QED) is 0.116. The number of benzene rings is 5. The number of rotatable bonds is 6. The van der Waals surface area contributed by atoms with Gasteiger partial charge in [-0.15, -0.1) is 0 Å². The van der Waals surface area contributed by atoms with Crippen LogP contribution in [0.15, 0.2) is 120 Å². The van der Waals surface area contributed by atoms with Gasteiger partial charge in [0.2, 0.25) is 17.7 Å². The van der Waals surface area contributed by atoms with E-state index < -0.39 is 28.1 Å². The smallest absolute Gasteiger partial charge is 0.269 e. The summed E-state index contributed by atoms with van der Waals surface area (Å²) < 4.78 is 0. The maximum atomic E-state index is 14.7. The molecule has 3 amide bonds. The topological polar surface area (TPSA) is 122 Å². The number of fused-ring (bicyclic) bond motifs is 1. The SMILES string of the molecule is O=C(Cc1ccc([N+](=O)[O-])cc1)N/N=C\C12c3ccccc3C(c3ccccc31)[C@H]1C(=O)N(c3cccc4ccccc34)C(=O)[C@H]12. The first-order chi connectivity index (χ1) is 22.4. The predicted octanol–water partition coefficient (Wildman–Crippen LogP) is 5.64. The van der Waals surface area contributed by atoms with Crippen LogP contribution in [-0.2, 0) is 26.2 Å². The maximum absolute atomic E-state index is 14.7. The summed E-state index contributed by atoms with van der Waals surface area (Å²) in [6.45, 7) is 0. The Morgan fingerprint density at radius 1 is 0.826 bits per heavy atom. The average molecular weight is 607 g/mol. The number of nitro benzene ring substituents is 1. The van der Waals surface area contributed by atoms with Gasteiger partial charge in [-0.1, -0.05) is 97.1 Å². The van der Waals surface area contributed by atoms with Crippen molar-refractivity contribution >= 4 is 46.1 Å². The summed E-state index contributed by atoms with van der Waals surface area (Å²) >= 11 is 0. The Kier molecular flexibility index (Phi) is 6.18. The van der Waals surface area contributed by atoms with E-state index in [0.29, 0.717) is 11.3 Å². The predicted molar refractivity (Wildman–Crippen MR) is 172 cm³/mol. The third-order valence-corrected chi connectivity index (χ3v) is 9.66. The van der Waals surface area contributed by atoms with Crippen LogP contribution in [0.25, 0.3) is 10.8 Å². The molecule has 9 nitrogen and oxygen atoms in total. The lowest BCUT2D eigenvalue weighted by Gasteiger charge is -2.52. The first-order valence-corrected chi connectivity index (χ1v) is 15.0. The number of hydrogen-bond acceptors (Lipinski definition) is 6. The highest BCUT2D eigenvalue weighted by atomic mass is 16.6. The van der Waals surface area contributed by atoms with Gasteiger partial charge in [-0.2, -0.15) is 5.10 Å². The molecule has 2 atom stereocenters. The number of nitrogens with one attached hydrogen (secondary N) is 1. The van der Waals surface area contributed by atoms with Gasteiger partial charge >= 0.3 is 0 Å². The van der Waals surface area contributed by atoms with Crippen LogP contribution in [0.5, 0.6) is 0 Å². The van der Waals surface area contributed by atoms with Gasteiger partial charge < -0.3 is 0 Å². The molecule has 0 aromatic heterocycles. The minimum absolute atomic E-state index is 0.0457. The number of nitro groups is 1. The van der Waals surface area contributed by atoms with E-state index in [9.17, 15) is 24.5 Å². The zero-order valence-electron chi connectivity index (χ0n) is 24.4. The normalized spacial score (nSPS) is 22.5. The summed E-state index contributed by atoms with van der Waals surface area (Å²) in [6.07, 6.45) is 1.58. The molecule has 3 aliphatic carbocycles. The molecule has 0 spiro atoms. The molecule has 1 aliphatic heterocycles. The number of hydrogen-bond donors (Lipinski definition) is 1. The van der Waals surface area contributed by atoms with Crippen LogP contribution in [0.4, 0.5) is 11.4 Å². The van der Waals surface area contributed by atoms with E-state index in [1.54, 1.807) is 6.21 Å². The molecule has 1 saturated heterocycles. The van der Waals surface area contributed by atoms with Gasteiger partial charge in [-0.05, 0) is 39.3 Å². The molecule has 5 aromatic carbocycles. The van der Waals surface area contributed by atoms with Crippen molar-refractivity contribution in [2.45, 2.75) is 17.8 Å². The second-order valence-electron chi connectivity index (χ2n) is 11.9. The van der Waals surface area contributed by atoms with Gasteiger partial charge in [0.05, 0.1) is 34.3 Å². The Balaban J connectivity index is 1.23. The molecule has 1 fully saturated rings. The van der Waals surface area contributed by atoms with Crippen molar-refractivity contribution in [3.63, 3.8) is 0 Å². The highest BCUT2D eigenvalue weighted by molar-refractivity contribution is 6.27. The molecule has 1 N–H and O–H groups in total. The van der Waals surface area contributed by atoms with Gasteiger partial charge in [0, 0.05) is 29.7 Å². The standard InChI is InChI=1S/C37H26N4O5/c42-31(20-22-16-18-24(19-17-22)41(45)46)39-38-21-37-28-13-5-3-11-26(28)32(27-12-4-6-14-29(27)37)33-34(37)36(44)40(35(33)43)30-15-7-9-23-8-1-2-10-25(23)30/h1-19,21,32-34H,20H2,(H,39,42)/b38-21-/t32?,33-,34+,37?/m1/s1. The zero-order valence-corrected chi connectivity index (χ0v) is 24.4. The first-order valence-electron chi connectivity index (χ1n) is 15.0. The molecule has 9 heteroatoms. The van der Waals surface area contributed by atoms with E-state index in [2.05, 4.69) is 10.5 Å². The minimum Gasteiger partial charge on any atom is -0.274 e. The van der Waals surface area contributed by atoms with Crippen LogP contribution in [-0.4, -0.2) is 28.9 Å². The third-order valence-electron chi connectivity index (χ3n) is 9.66. The van der Waals surface area contributed by atoms with E-state index in [4.69, 9.17) is 0 Å². The summed E-state index contributed by atoms with van der Waals surface area (Å²) in [5.74, 6) is -2.75. The van der Waals surface area contributed by atoms with Crippen molar-refractivity contribution in [1.82, 2.24) is 5.43 Å². The van der Waals surface area contributed by atoms with Gasteiger partial charge in [-0.25, -0.2) is 10.3 Å². The Morgan fingerprint density at radius 3 is 2.15 bits per heavy atom. The Labute approximate surface area is 263 Å². The number of hydrazone groups is 1. The number of nitrogens with zero attached hydrogens (tertiary/aromatic N) is 3. The lowest BCUT2D eigenvalue weighted by atomic mass is 9.47. The molecule has 224 valence electrons. The molecule has 5 aromatic rings. The first kappa shape index (κ1) is 27.6. The maximum Gasteiger partial charge on any atom is 0.269 e. The monoisotopic (exact) mass is 606 g/mol. The summed E-state index contributed by atoms with van der Waals surface area (Å²) in [7, 11) is 0. The highest BCUT2D eigenvalue weighted by Crippen LogP contribution is 2.63. The number of anilines is 1. The second kappa shape index (κ2) is 10.3. The number of imide groups is 1. The molecular formula is C37H26N4O5. The largest absolute Gasteiger partial charge is 0.274 e. The highest BCUT2D eigenvalue weighted by Gasteiger charge is 2.68. The molecular weight excluding hydrogens is 580 g/mol.